The maximum absolute atomic E-state index is 12.3. The molecule has 5 heteroatoms. The molecule has 2 N–H and O–H groups in total. The fourth-order valence-corrected chi connectivity index (χ4v) is 3.89. The van der Waals surface area contributed by atoms with Gasteiger partial charge in [0.25, 0.3) is 5.91 Å². The molecule has 2 atom stereocenters. The molecule has 0 aromatic carbocycles. The second kappa shape index (κ2) is 6.89. The summed E-state index contributed by atoms with van der Waals surface area (Å²) in [6.07, 6.45) is 5.61. The number of carboxylic acid groups (broad SMARTS) is 1. The van der Waals surface area contributed by atoms with Gasteiger partial charge in [0.2, 0.25) is 0 Å². The summed E-state index contributed by atoms with van der Waals surface area (Å²) in [5, 5.41) is 13.7. The number of hydrogen-bond donors (Lipinski definition) is 2. The van der Waals surface area contributed by atoms with Crippen LogP contribution in [0.3, 0.4) is 0 Å². The molecular formula is C16H21NO3S. The van der Waals surface area contributed by atoms with Gasteiger partial charge < -0.3 is 10.4 Å². The molecule has 0 aliphatic heterocycles. The molecule has 1 heterocycles. The second-order valence-electron chi connectivity index (χ2n) is 5.63. The van der Waals surface area contributed by atoms with Crippen LogP contribution < -0.4 is 5.32 Å². The van der Waals surface area contributed by atoms with Gasteiger partial charge in [-0.2, -0.15) is 0 Å². The number of nitrogens with one attached hydrogen (secondary N) is 1. The zero-order chi connectivity index (χ0) is 15.4. The Morgan fingerprint density at radius 3 is 3.05 bits per heavy atom. The maximum Gasteiger partial charge on any atom is 0.326 e. The average Bonchev–Trinajstić information content (AvgIpc) is 2.85. The zero-order valence-corrected chi connectivity index (χ0v) is 13.0. The Bertz CT molecular complexity index is 550. The van der Waals surface area contributed by atoms with Crippen LogP contribution in [-0.2, 0) is 17.6 Å². The number of fused-ring (bicyclic) bond motifs is 1. The first-order valence-corrected chi connectivity index (χ1v) is 8.14. The molecule has 21 heavy (non-hydrogen) atoms. The van der Waals surface area contributed by atoms with Crippen LogP contribution in [0.5, 0.6) is 0 Å². The van der Waals surface area contributed by atoms with Crippen LogP contribution in [0.1, 0.15) is 47.0 Å². The van der Waals surface area contributed by atoms with Gasteiger partial charge >= 0.3 is 5.97 Å². The van der Waals surface area contributed by atoms with Crippen molar-refractivity contribution < 1.29 is 14.7 Å². The molecule has 0 fully saturated rings. The van der Waals surface area contributed by atoms with E-state index in [9.17, 15) is 14.7 Å². The van der Waals surface area contributed by atoms with Crippen LogP contribution in [0.4, 0.5) is 0 Å². The molecule has 0 bridgehead atoms. The summed E-state index contributed by atoms with van der Waals surface area (Å²) in [6, 6.07) is -0.853. The molecule has 1 aromatic heterocycles. The molecule has 2 rings (SSSR count). The topological polar surface area (TPSA) is 66.4 Å². The van der Waals surface area contributed by atoms with Crippen molar-refractivity contribution in [1.82, 2.24) is 5.32 Å². The molecule has 0 spiro atoms. The SMILES string of the molecule is C=CCCC(NC(=O)c1csc2c1CCC(C)C2)C(=O)O. The van der Waals surface area contributed by atoms with Crippen LogP contribution in [0.25, 0.3) is 0 Å². The maximum atomic E-state index is 12.3. The van der Waals surface area contributed by atoms with Crippen molar-refractivity contribution in [2.24, 2.45) is 5.92 Å². The summed E-state index contributed by atoms with van der Waals surface area (Å²) in [7, 11) is 0. The number of hydrogen-bond acceptors (Lipinski definition) is 3. The third-order valence-electron chi connectivity index (χ3n) is 3.91. The minimum Gasteiger partial charge on any atom is -0.480 e. The summed E-state index contributed by atoms with van der Waals surface area (Å²) >= 11 is 1.61. The number of carbonyl (C=O) groups excluding carboxylic acids is 1. The smallest absolute Gasteiger partial charge is 0.326 e. The summed E-state index contributed by atoms with van der Waals surface area (Å²) in [5.41, 5.74) is 1.77. The van der Waals surface area contributed by atoms with Crippen molar-refractivity contribution in [3.8, 4) is 0 Å². The van der Waals surface area contributed by atoms with E-state index in [-0.39, 0.29) is 5.91 Å². The number of allylic oxidation sites excluding steroid dienone is 1. The van der Waals surface area contributed by atoms with E-state index in [1.165, 1.54) is 4.88 Å². The molecule has 0 saturated carbocycles. The number of carbonyl (C=O) groups is 2. The molecule has 0 radical (unpaired) electrons. The number of rotatable bonds is 6. The highest BCUT2D eigenvalue weighted by Crippen LogP contribution is 2.32. The summed E-state index contributed by atoms with van der Waals surface area (Å²) in [5.74, 6) is -0.604. The number of carboxylic acids is 1. The van der Waals surface area contributed by atoms with E-state index >= 15 is 0 Å². The van der Waals surface area contributed by atoms with Gasteiger partial charge in [-0.3, -0.25) is 4.79 Å². The van der Waals surface area contributed by atoms with Gasteiger partial charge in [0.1, 0.15) is 6.04 Å². The Balaban J connectivity index is 2.09. The predicted octanol–water partition coefficient (Wildman–Crippen LogP) is 3.02. The van der Waals surface area contributed by atoms with Crippen LogP contribution in [-0.4, -0.2) is 23.0 Å². The van der Waals surface area contributed by atoms with E-state index in [2.05, 4.69) is 18.8 Å². The normalized spacial score (nSPS) is 18.6. The molecule has 1 amide bonds. The van der Waals surface area contributed by atoms with Gasteiger partial charge in [0, 0.05) is 10.3 Å². The highest BCUT2D eigenvalue weighted by atomic mass is 32.1. The first-order chi connectivity index (χ1) is 10.0. The quantitative estimate of drug-likeness (QED) is 0.794. The van der Waals surface area contributed by atoms with E-state index in [1.807, 2.05) is 5.38 Å². The Kier molecular flexibility index (Phi) is 5.17. The first-order valence-electron chi connectivity index (χ1n) is 7.26. The van der Waals surface area contributed by atoms with Crippen molar-refractivity contribution in [2.45, 2.75) is 45.1 Å². The van der Waals surface area contributed by atoms with Gasteiger partial charge in [0.15, 0.2) is 0 Å². The first kappa shape index (κ1) is 15.8. The largest absolute Gasteiger partial charge is 0.480 e. The standard InChI is InChI=1S/C16H21NO3S/c1-3-4-5-13(16(19)20)17-15(18)12-9-21-14-8-10(2)6-7-11(12)14/h3,9-10,13H,1,4-8H2,2H3,(H,17,18)(H,19,20). The van der Waals surface area contributed by atoms with Gasteiger partial charge in [-0.15, -0.1) is 17.9 Å². The molecule has 114 valence electrons. The lowest BCUT2D eigenvalue weighted by Gasteiger charge is -2.19. The van der Waals surface area contributed by atoms with Gasteiger partial charge in [0.05, 0.1) is 5.56 Å². The van der Waals surface area contributed by atoms with E-state index in [0.717, 1.165) is 24.8 Å². The molecule has 0 saturated heterocycles. The molecule has 1 aliphatic carbocycles. The number of thiophene rings is 1. The van der Waals surface area contributed by atoms with Crippen molar-refractivity contribution in [1.29, 1.82) is 0 Å². The number of amides is 1. The van der Waals surface area contributed by atoms with E-state index in [1.54, 1.807) is 17.4 Å². The van der Waals surface area contributed by atoms with Gasteiger partial charge in [-0.05, 0) is 43.6 Å². The third-order valence-corrected chi connectivity index (χ3v) is 4.96. The second-order valence-corrected chi connectivity index (χ2v) is 6.59. The summed E-state index contributed by atoms with van der Waals surface area (Å²) in [6.45, 7) is 5.80. The molecule has 4 nitrogen and oxygen atoms in total. The van der Waals surface area contributed by atoms with Crippen molar-refractivity contribution in [2.75, 3.05) is 0 Å². The van der Waals surface area contributed by atoms with Crippen molar-refractivity contribution >= 4 is 23.2 Å². The lowest BCUT2D eigenvalue weighted by molar-refractivity contribution is -0.139. The lowest BCUT2D eigenvalue weighted by atomic mass is 9.88. The van der Waals surface area contributed by atoms with Crippen LogP contribution >= 0.6 is 11.3 Å². The molecular weight excluding hydrogens is 286 g/mol. The van der Waals surface area contributed by atoms with Gasteiger partial charge in [-0.25, -0.2) is 4.79 Å². The lowest BCUT2D eigenvalue weighted by Crippen LogP contribution is -2.40. The van der Waals surface area contributed by atoms with E-state index < -0.39 is 12.0 Å². The molecule has 1 aromatic rings. The Labute approximate surface area is 128 Å². The Hall–Kier alpha value is -1.62. The van der Waals surface area contributed by atoms with Crippen LogP contribution in [0.15, 0.2) is 18.0 Å². The van der Waals surface area contributed by atoms with Crippen LogP contribution in [0.2, 0.25) is 0 Å². The fraction of sp³-hybridized carbons (Fsp3) is 0.500. The minimum atomic E-state index is -0.997. The summed E-state index contributed by atoms with van der Waals surface area (Å²) in [4.78, 5) is 24.8. The monoisotopic (exact) mass is 307 g/mol. The van der Waals surface area contributed by atoms with Crippen molar-refractivity contribution in [3.05, 3.63) is 34.0 Å². The van der Waals surface area contributed by atoms with Crippen molar-refractivity contribution in [3.63, 3.8) is 0 Å². The third kappa shape index (κ3) is 3.73. The Morgan fingerprint density at radius 2 is 2.38 bits per heavy atom. The minimum absolute atomic E-state index is 0.265. The summed E-state index contributed by atoms with van der Waals surface area (Å²) < 4.78 is 0. The molecule has 1 aliphatic rings. The molecule has 2 unspecified atom stereocenters. The van der Waals surface area contributed by atoms with Gasteiger partial charge in [-0.1, -0.05) is 13.0 Å². The van der Waals surface area contributed by atoms with E-state index in [0.29, 0.717) is 24.3 Å². The zero-order valence-electron chi connectivity index (χ0n) is 12.2. The van der Waals surface area contributed by atoms with E-state index in [4.69, 9.17) is 0 Å². The average molecular weight is 307 g/mol. The highest BCUT2D eigenvalue weighted by molar-refractivity contribution is 7.10. The predicted molar refractivity (Wildman–Crippen MR) is 83.8 cm³/mol. The number of aliphatic carboxylic acids is 1. The van der Waals surface area contributed by atoms with Crippen LogP contribution in [0, 0.1) is 5.92 Å². The Morgan fingerprint density at radius 1 is 1.62 bits per heavy atom. The fourth-order valence-electron chi connectivity index (χ4n) is 2.65. The highest BCUT2D eigenvalue weighted by Gasteiger charge is 2.26.